The van der Waals surface area contributed by atoms with Gasteiger partial charge in [-0.15, -0.1) is 0 Å². The Morgan fingerprint density at radius 3 is 1.56 bits per heavy atom. The summed E-state index contributed by atoms with van der Waals surface area (Å²) >= 11 is 0. The van der Waals surface area contributed by atoms with Crippen molar-refractivity contribution in [2.24, 2.45) is 0 Å². The van der Waals surface area contributed by atoms with Crippen LogP contribution in [0.5, 0.6) is 0 Å². The fraction of sp³-hybridized carbons (Fsp3) is 0. The van der Waals surface area contributed by atoms with Crippen LogP contribution in [0.15, 0.2) is 241 Å². The fourth-order valence-corrected chi connectivity index (χ4v) is 11.1. The molecule has 330 valence electrons. The first-order valence-electron chi connectivity index (χ1n) is 24.0. The van der Waals surface area contributed by atoms with Gasteiger partial charge in [-0.05, 0) is 87.9 Å². The van der Waals surface area contributed by atoms with Crippen molar-refractivity contribution in [3.8, 4) is 56.7 Å². The Kier molecular flexibility index (Phi) is 8.56. The number of benzene rings is 11. The quantitative estimate of drug-likeness (QED) is 0.167. The maximum atomic E-state index is 7.18. The van der Waals surface area contributed by atoms with Crippen LogP contribution in [0.2, 0.25) is 0 Å². The zero-order chi connectivity index (χ0) is 46.6. The molecule has 4 heterocycles. The Bertz CT molecular complexity index is 4620. The van der Waals surface area contributed by atoms with Crippen molar-refractivity contribution in [2.75, 3.05) is 0 Å². The van der Waals surface area contributed by atoms with Gasteiger partial charge < -0.3 is 13.6 Å². The topological polar surface area (TPSA) is 61.7 Å². The van der Waals surface area contributed by atoms with E-state index < -0.39 is 0 Å². The van der Waals surface area contributed by atoms with Gasteiger partial charge in [-0.25, -0.2) is 15.0 Å². The average molecular weight is 906 g/mol. The molecule has 0 saturated carbocycles. The number of hydrogen-bond donors (Lipinski definition) is 0. The highest BCUT2D eigenvalue weighted by atomic mass is 16.3. The van der Waals surface area contributed by atoms with Crippen molar-refractivity contribution in [1.29, 1.82) is 0 Å². The highest BCUT2D eigenvalue weighted by molar-refractivity contribution is 6.26. The molecule has 0 N–H and O–H groups in total. The first-order valence-corrected chi connectivity index (χ1v) is 24.0. The summed E-state index contributed by atoms with van der Waals surface area (Å²) in [5, 5.41) is 11.0. The molecule has 0 bridgehead atoms. The van der Waals surface area contributed by atoms with Crippen molar-refractivity contribution in [3.63, 3.8) is 0 Å². The Labute approximate surface area is 407 Å². The van der Waals surface area contributed by atoms with Crippen molar-refractivity contribution in [2.45, 2.75) is 0 Å². The van der Waals surface area contributed by atoms with Crippen LogP contribution in [0.25, 0.3) is 144 Å². The molecule has 0 aliphatic heterocycles. The number of aromatic nitrogens is 5. The molecule has 71 heavy (non-hydrogen) atoms. The number of fused-ring (bicyclic) bond motifs is 11. The monoisotopic (exact) mass is 905 g/mol. The van der Waals surface area contributed by atoms with E-state index in [1.807, 2.05) is 12.1 Å². The molecule has 0 amide bonds. The first kappa shape index (κ1) is 39.4. The third kappa shape index (κ3) is 6.05. The van der Waals surface area contributed by atoms with E-state index in [2.05, 4.69) is 234 Å². The number of nitrogens with zero attached hydrogens (tertiary/aromatic N) is 5. The molecule has 0 saturated heterocycles. The maximum Gasteiger partial charge on any atom is 0.165 e. The molecule has 0 atom stereocenters. The van der Waals surface area contributed by atoms with Crippen LogP contribution in [0.4, 0.5) is 0 Å². The zero-order valence-electron chi connectivity index (χ0n) is 38.2. The SMILES string of the molecule is c1ccc(-c2ccc(-c3nc(-c4ccc5c(c4)c4ccccc4n5-c4ccccc4)nc(-c4c5ccccc5c(-n5c6ccccc6c6cc7ccccc7cc65)c5oc6ccccc6c45)n3)cc2)cc1. The molecule has 15 aromatic rings. The third-order valence-electron chi connectivity index (χ3n) is 14.3. The van der Waals surface area contributed by atoms with Crippen molar-refractivity contribution in [3.05, 3.63) is 237 Å². The second-order valence-electron chi connectivity index (χ2n) is 18.3. The van der Waals surface area contributed by atoms with Crippen LogP contribution in [0, 0.1) is 0 Å². The van der Waals surface area contributed by atoms with Gasteiger partial charge in [0.2, 0.25) is 0 Å². The highest BCUT2D eigenvalue weighted by Crippen LogP contribution is 2.48. The van der Waals surface area contributed by atoms with Crippen LogP contribution in [-0.2, 0) is 0 Å². The van der Waals surface area contributed by atoms with E-state index in [0.29, 0.717) is 17.5 Å². The smallest absolute Gasteiger partial charge is 0.165 e. The Hall–Kier alpha value is -9.65. The molecule has 0 aliphatic rings. The predicted molar refractivity (Wildman–Crippen MR) is 293 cm³/mol. The molecule has 0 aliphatic carbocycles. The zero-order valence-corrected chi connectivity index (χ0v) is 38.2. The van der Waals surface area contributed by atoms with Gasteiger partial charge in [0.15, 0.2) is 23.1 Å². The fourth-order valence-electron chi connectivity index (χ4n) is 11.1. The van der Waals surface area contributed by atoms with Gasteiger partial charge in [0.05, 0.1) is 27.8 Å². The lowest BCUT2D eigenvalue weighted by Gasteiger charge is -2.17. The van der Waals surface area contributed by atoms with Crippen LogP contribution in [0.1, 0.15) is 0 Å². The van der Waals surface area contributed by atoms with Gasteiger partial charge in [-0.1, -0.05) is 176 Å². The lowest BCUT2D eigenvalue weighted by Crippen LogP contribution is -2.03. The maximum absolute atomic E-state index is 7.18. The summed E-state index contributed by atoms with van der Waals surface area (Å²) in [6.45, 7) is 0. The van der Waals surface area contributed by atoms with E-state index in [-0.39, 0.29) is 0 Å². The standard InChI is InChI=1S/C65H39N5O/c1-3-17-40(18-4-1)41-31-33-42(34-32-41)63-66-64(45-35-36-56-52(38-45)47-23-11-14-28-54(47)69(56)46-21-5-2-6-22-46)68-65(67-63)60-49-25-9-10-26-50(49)61(62-59(60)51-27-13-16-30-58(51)71-62)70-55-29-15-12-24-48(55)53-37-43-19-7-8-20-44(43)39-57(53)70/h1-39H. The molecule has 0 unspecified atom stereocenters. The normalized spacial score (nSPS) is 11.9. The van der Waals surface area contributed by atoms with E-state index in [4.69, 9.17) is 19.4 Å². The minimum atomic E-state index is 0.566. The summed E-state index contributed by atoms with van der Waals surface area (Å²) in [4.78, 5) is 16.4. The van der Waals surface area contributed by atoms with Gasteiger partial charge in [-0.2, -0.15) is 0 Å². The van der Waals surface area contributed by atoms with Crippen molar-refractivity contribution in [1.82, 2.24) is 24.1 Å². The second-order valence-corrected chi connectivity index (χ2v) is 18.3. The van der Waals surface area contributed by atoms with E-state index in [1.54, 1.807) is 0 Å². The number of furan rings is 1. The number of hydrogen-bond acceptors (Lipinski definition) is 4. The molecule has 11 aromatic carbocycles. The van der Waals surface area contributed by atoms with Crippen molar-refractivity contribution >= 4 is 87.1 Å². The summed E-state index contributed by atoms with van der Waals surface area (Å²) in [6, 6.07) is 83.7. The van der Waals surface area contributed by atoms with Gasteiger partial charge in [0, 0.05) is 60.1 Å². The van der Waals surface area contributed by atoms with Gasteiger partial charge in [-0.3, -0.25) is 0 Å². The minimum absolute atomic E-state index is 0.566. The second kappa shape index (κ2) is 15.4. The first-order chi connectivity index (χ1) is 35.2. The van der Waals surface area contributed by atoms with Gasteiger partial charge >= 0.3 is 0 Å². The van der Waals surface area contributed by atoms with Crippen LogP contribution < -0.4 is 0 Å². The molecule has 0 spiro atoms. The van der Waals surface area contributed by atoms with Crippen LogP contribution in [-0.4, -0.2) is 24.1 Å². The summed E-state index contributed by atoms with van der Waals surface area (Å²) in [5.41, 5.74) is 13.0. The third-order valence-corrected chi connectivity index (χ3v) is 14.3. The Morgan fingerprint density at radius 2 is 0.817 bits per heavy atom. The molecule has 15 rings (SSSR count). The molecule has 0 radical (unpaired) electrons. The molecular weight excluding hydrogens is 867 g/mol. The predicted octanol–water partition coefficient (Wildman–Crippen LogP) is 16.9. The average Bonchev–Trinajstić information content (AvgIpc) is 4.10. The lowest BCUT2D eigenvalue weighted by atomic mass is 9.95. The minimum Gasteiger partial charge on any atom is -0.454 e. The summed E-state index contributed by atoms with van der Waals surface area (Å²) < 4.78 is 11.9. The molecule has 6 nitrogen and oxygen atoms in total. The van der Waals surface area contributed by atoms with Crippen molar-refractivity contribution < 1.29 is 4.42 Å². The van der Waals surface area contributed by atoms with E-state index >= 15 is 0 Å². The summed E-state index contributed by atoms with van der Waals surface area (Å²) in [6.07, 6.45) is 0. The largest absolute Gasteiger partial charge is 0.454 e. The molecular formula is C65H39N5O. The van der Waals surface area contributed by atoms with Crippen LogP contribution in [0.3, 0.4) is 0 Å². The van der Waals surface area contributed by atoms with E-state index in [9.17, 15) is 0 Å². The number of para-hydroxylation sites is 4. The molecule has 6 heteroatoms. The van der Waals surface area contributed by atoms with Gasteiger partial charge in [0.1, 0.15) is 5.58 Å². The Balaban J connectivity index is 1.03. The molecule has 0 fully saturated rings. The lowest BCUT2D eigenvalue weighted by molar-refractivity contribution is 0.667. The molecule has 4 aromatic heterocycles. The highest BCUT2D eigenvalue weighted by Gasteiger charge is 2.27. The number of rotatable bonds is 6. The van der Waals surface area contributed by atoms with E-state index in [1.165, 1.54) is 21.5 Å². The van der Waals surface area contributed by atoms with Gasteiger partial charge in [0.25, 0.3) is 0 Å². The summed E-state index contributed by atoms with van der Waals surface area (Å²) in [7, 11) is 0. The van der Waals surface area contributed by atoms with E-state index in [0.717, 1.165) is 105 Å². The summed E-state index contributed by atoms with van der Waals surface area (Å²) in [5.74, 6) is 1.73. The van der Waals surface area contributed by atoms with Crippen LogP contribution >= 0.6 is 0 Å². The Morgan fingerprint density at radius 1 is 0.310 bits per heavy atom.